The average molecular weight is 222 g/mol. The maximum Gasteiger partial charge on any atom is 0.0625 e. The van der Waals surface area contributed by atoms with Crippen LogP contribution < -0.4 is 5.73 Å². The normalized spacial score (nSPS) is 17.7. The van der Waals surface area contributed by atoms with E-state index >= 15 is 0 Å². The molecule has 0 saturated carbocycles. The highest BCUT2D eigenvalue weighted by Gasteiger charge is 2.25. The number of likely N-dealkylation sites (tertiary alicyclic amines) is 1. The van der Waals surface area contributed by atoms with Gasteiger partial charge in [-0.15, -0.1) is 0 Å². The van der Waals surface area contributed by atoms with Crippen LogP contribution in [0.15, 0.2) is 6.07 Å². The lowest BCUT2D eigenvalue weighted by Crippen LogP contribution is -2.49. The third kappa shape index (κ3) is 2.28. The van der Waals surface area contributed by atoms with E-state index in [1.54, 1.807) is 0 Å². The van der Waals surface area contributed by atoms with Crippen molar-refractivity contribution in [2.45, 2.75) is 33.4 Å². The Morgan fingerprint density at radius 3 is 2.75 bits per heavy atom. The van der Waals surface area contributed by atoms with Gasteiger partial charge in [0.25, 0.3) is 0 Å². The van der Waals surface area contributed by atoms with Gasteiger partial charge in [0.15, 0.2) is 0 Å². The zero-order chi connectivity index (χ0) is 11.5. The van der Waals surface area contributed by atoms with E-state index in [1.807, 2.05) is 0 Å². The molecular weight excluding hydrogens is 200 g/mol. The van der Waals surface area contributed by atoms with Gasteiger partial charge in [0.1, 0.15) is 0 Å². The topological polar surface area (TPSA) is 47.1 Å². The number of hydrogen-bond acceptors (Lipinski definition) is 3. The van der Waals surface area contributed by atoms with Crippen molar-refractivity contribution < 1.29 is 0 Å². The van der Waals surface area contributed by atoms with Crippen LogP contribution in [0.25, 0.3) is 0 Å². The fourth-order valence-corrected chi connectivity index (χ4v) is 2.27. The molecule has 0 amide bonds. The van der Waals surface area contributed by atoms with Gasteiger partial charge in [0.05, 0.1) is 11.4 Å². The Balaban J connectivity index is 1.96. The van der Waals surface area contributed by atoms with Gasteiger partial charge < -0.3 is 5.73 Å². The predicted molar refractivity (Wildman–Crippen MR) is 65.1 cm³/mol. The Morgan fingerprint density at radius 1 is 1.44 bits per heavy atom. The third-order valence-electron chi connectivity index (χ3n) is 3.33. The van der Waals surface area contributed by atoms with Crippen LogP contribution in [0.2, 0.25) is 0 Å². The molecule has 0 aliphatic carbocycles. The lowest BCUT2D eigenvalue weighted by molar-refractivity contribution is 0.0947. The van der Waals surface area contributed by atoms with Crippen LogP contribution in [0, 0.1) is 5.92 Å². The van der Waals surface area contributed by atoms with Gasteiger partial charge in [-0.25, -0.2) is 0 Å². The highest BCUT2D eigenvalue weighted by molar-refractivity contribution is 5.11. The quantitative estimate of drug-likeness (QED) is 0.803. The minimum atomic E-state index is 0.712. The SMILES string of the molecule is CCc1cc(CN2CC(CN)C2)n(CC)n1. The minimum Gasteiger partial charge on any atom is -0.330 e. The Kier molecular flexibility index (Phi) is 3.61. The summed E-state index contributed by atoms with van der Waals surface area (Å²) < 4.78 is 2.12. The monoisotopic (exact) mass is 222 g/mol. The molecule has 0 atom stereocenters. The summed E-state index contributed by atoms with van der Waals surface area (Å²) in [6.45, 7) is 9.40. The maximum absolute atomic E-state index is 5.63. The van der Waals surface area contributed by atoms with Crippen molar-refractivity contribution in [3.63, 3.8) is 0 Å². The molecule has 0 unspecified atom stereocenters. The molecule has 90 valence electrons. The van der Waals surface area contributed by atoms with Crippen LogP contribution in [-0.2, 0) is 19.5 Å². The summed E-state index contributed by atoms with van der Waals surface area (Å²) in [4.78, 5) is 2.44. The number of aryl methyl sites for hydroxylation is 2. The number of rotatable bonds is 5. The van der Waals surface area contributed by atoms with E-state index in [1.165, 1.54) is 11.4 Å². The second kappa shape index (κ2) is 4.97. The Labute approximate surface area is 97.4 Å². The van der Waals surface area contributed by atoms with E-state index < -0.39 is 0 Å². The summed E-state index contributed by atoms with van der Waals surface area (Å²) in [5.41, 5.74) is 8.17. The van der Waals surface area contributed by atoms with Gasteiger partial charge in [-0.05, 0) is 31.9 Å². The second-order valence-corrected chi connectivity index (χ2v) is 4.59. The van der Waals surface area contributed by atoms with Crippen LogP contribution in [0.1, 0.15) is 25.2 Å². The highest BCUT2D eigenvalue weighted by Crippen LogP contribution is 2.18. The fraction of sp³-hybridized carbons (Fsp3) is 0.750. The molecule has 0 aromatic carbocycles. The standard InChI is InChI=1S/C12H22N4/c1-3-11-5-12(16(4-2)14-11)9-15-7-10(6-13)8-15/h5,10H,3-4,6-9,13H2,1-2H3. The number of aromatic nitrogens is 2. The van der Waals surface area contributed by atoms with Crippen LogP contribution >= 0.6 is 0 Å². The lowest BCUT2D eigenvalue weighted by Gasteiger charge is -2.38. The van der Waals surface area contributed by atoms with Crippen LogP contribution in [0.3, 0.4) is 0 Å². The average Bonchev–Trinajstić information content (AvgIpc) is 2.65. The molecule has 0 bridgehead atoms. The van der Waals surface area contributed by atoms with Gasteiger partial charge in [0.2, 0.25) is 0 Å². The molecule has 4 nitrogen and oxygen atoms in total. The molecule has 2 N–H and O–H groups in total. The summed E-state index contributed by atoms with van der Waals surface area (Å²) in [7, 11) is 0. The lowest BCUT2D eigenvalue weighted by atomic mass is 10.0. The maximum atomic E-state index is 5.63. The summed E-state index contributed by atoms with van der Waals surface area (Å²) in [5.74, 6) is 0.712. The van der Waals surface area contributed by atoms with E-state index in [9.17, 15) is 0 Å². The summed E-state index contributed by atoms with van der Waals surface area (Å²) in [6.07, 6.45) is 1.02. The molecule has 1 aliphatic heterocycles. The highest BCUT2D eigenvalue weighted by atomic mass is 15.3. The number of hydrogen-bond donors (Lipinski definition) is 1. The van der Waals surface area contributed by atoms with Crippen molar-refractivity contribution in [1.82, 2.24) is 14.7 Å². The first kappa shape index (κ1) is 11.6. The van der Waals surface area contributed by atoms with Crippen molar-refractivity contribution in [3.8, 4) is 0 Å². The van der Waals surface area contributed by atoms with Gasteiger partial charge in [0, 0.05) is 26.2 Å². The van der Waals surface area contributed by atoms with Gasteiger partial charge in [-0.3, -0.25) is 9.58 Å². The van der Waals surface area contributed by atoms with Crippen molar-refractivity contribution in [3.05, 3.63) is 17.5 Å². The molecule has 0 radical (unpaired) electrons. The van der Waals surface area contributed by atoms with Gasteiger partial charge in [-0.2, -0.15) is 5.10 Å². The van der Waals surface area contributed by atoms with Crippen molar-refractivity contribution in [1.29, 1.82) is 0 Å². The number of nitrogens with zero attached hydrogens (tertiary/aromatic N) is 3. The fourth-order valence-electron chi connectivity index (χ4n) is 2.27. The van der Waals surface area contributed by atoms with Gasteiger partial charge in [-0.1, -0.05) is 6.92 Å². The smallest absolute Gasteiger partial charge is 0.0625 e. The molecule has 4 heteroatoms. The summed E-state index contributed by atoms with van der Waals surface area (Å²) in [5, 5.41) is 4.56. The first-order chi connectivity index (χ1) is 7.76. The van der Waals surface area contributed by atoms with Crippen LogP contribution in [-0.4, -0.2) is 34.3 Å². The third-order valence-corrected chi connectivity index (χ3v) is 3.33. The molecule has 0 spiro atoms. The van der Waals surface area contributed by atoms with E-state index in [0.29, 0.717) is 5.92 Å². The molecule has 1 aromatic rings. The van der Waals surface area contributed by atoms with E-state index in [2.05, 4.69) is 34.6 Å². The molecule has 2 heterocycles. The molecule has 1 saturated heterocycles. The largest absolute Gasteiger partial charge is 0.330 e. The van der Waals surface area contributed by atoms with Crippen molar-refractivity contribution in [2.75, 3.05) is 19.6 Å². The van der Waals surface area contributed by atoms with E-state index in [0.717, 1.165) is 39.1 Å². The zero-order valence-electron chi connectivity index (χ0n) is 10.3. The molecular formula is C12H22N4. The van der Waals surface area contributed by atoms with E-state index in [-0.39, 0.29) is 0 Å². The molecule has 1 aromatic heterocycles. The second-order valence-electron chi connectivity index (χ2n) is 4.59. The molecule has 1 fully saturated rings. The van der Waals surface area contributed by atoms with Crippen LogP contribution in [0.4, 0.5) is 0 Å². The Morgan fingerprint density at radius 2 is 2.19 bits per heavy atom. The Bertz CT molecular complexity index is 339. The first-order valence-corrected chi connectivity index (χ1v) is 6.24. The van der Waals surface area contributed by atoms with E-state index in [4.69, 9.17) is 5.73 Å². The summed E-state index contributed by atoms with van der Waals surface area (Å²) >= 11 is 0. The van der Waals surface area contributed by atoms with Crippen molar-refractivity contribution in [2.24, 2.45) is 11.7 Å². The zero-order valence-corrected chi connectivity index (χ0v) is 10.3. The number of nitrogens with two attached hydrogens (primary N) is 1. The predicted octanol–water partition coefficient (Wildman–Crippen LogP) is 0.856. The minimum absolute atomic E-state index is 0.712. The van der Waals surface area contributed by atoms with Gasteiger partial charge >= 0.3 is 0 Å². The molecule has 2 rings (SSSR count). The summed E-state index contributed by atoms with van der Waals surface area (Å²) in [6, 6.07) is 2.24. The first-order valence-electron chi connectivity index (χ1n) is 6.24. The van der Waals surface area contributed by atoms with Crippen molar-refractivity contribution >= 4 is 0 Å². The molecule has 1 aliphatic rings. The van der Waals surface area contributed by atoms with Crippen LogP contribution in [0.5, 0.6) is 0 Å². The molecule has 16 heavy (non-hydrogen) atoms. The Hall–Kier alpha value is -0.870.